The molecule has 1 heteroatoms. The van der Waals surface area contributed by atoms with Gasteiger partial charge >= 0.3 is 0 Å². The van der Waals surface area contributed by atoms with Crippen molar-refractivity contribution in [2.24, 2.45) is 0 Å². The van der Waals surface area contributed by atoms with Crippen LogP contribution in [0.3, 0.4) is 0 Å². The third-order valence-corrected chi connectivity index (χ3v) is 8.58. The maximum atomic E-state index is 9.79. The zero-order valence-electron chi connectivity index (χ0n) is 43.8. The molecular weight excluding hydrogens is 615 g/mol. The molecule has 0 saturated carbocycles. The second-order valence-electron chi connectivity index (χ2n) is 11.6. The number of benzene rings is 9. The summed E-state index contributed by atoms with van der Waals surface area (Å²) < 4.78 is 153. The highest BCUT2D eigenvalue weighted by Crippen LogP contribution is 2.40. The first-order valence-electron chi connectivity index (χ1n) is 24.6. The van der Waals surface area contributed by atoms with Crippen LogP contribution in [0.25, 0.3) is 66.1 Å². The van der Waals surface area contributed by atoms with Gasteiger partial charge in [-0.1, -0.05) is 176 Å². The molecule has 0 N–H and O–H groups in total. The van der Waals surface area contributed by atoms with Gasteiger partial charge in [0.1, 0.15) is 0 Å². The molecule has 9 rings (SSSR count). The van der Waals surface area contributed by atoms with Gasteiger partial charge in [0.2, 0.25) is 0 Å². The largest absolute Gasteiger partial charge is 0.310 e. The maximum Gasteiger partial charge on any atom is 0.0651 e. The number of rotatable bonds is 7. The van der Waals surface area contributed by atoms with E-state index in [2.05, 4.69) is 0 Å². The van der Waals surface area contributed by atoms with Crippen LogP contribution in [-0.2, 0) is 0 Å². The summed E-state index contributed by atoms with van der Waals surface area (Å²) in [6.45, 7) is 0. The fourth-order valence-electron chi connectivity index (χ4n) is 6.14. The molecule has 1 nitrogen and oxygen atoms in total. The van der Waals surface area contributed by atoms with Gasteiger partial charge in [0, 0.05) is 17.1 Å². The van der Waals surface area contributed by atoms with E-state index in [0.717, 1.165) is 27.3 Å². The van der Waals surface area contributed by atoms with Crippen LogP contribution in [0.2, 0.25) is 0 Å². The number of hydrogen-bond acceptors (Lipinski definition) is 1. The van der Waals surface area contributed by atoms with Crippen LogP contribution in [0.5, 0.6) is 0 Å². The average molecular weight is 667 g/mol. The van der Waals surface area contributed by atoms with Gasteiger partial charge in [-0.05, 0) is 102 Å². The molecule has 51 heavy (non-hydrogen) atoms. The van der Waals surface area contributed by atoms with Crippen molar-refractivity contribution in [2.75, 3.05) is 4.90 Å². The topological polar surface area (TPSA) is 3.24 Å². The van der Waals surface area contributed by atoms with Crippen LogP contribution in [-0.4, -0.2) is 0 Å². The Hall–Kier alpha value is -6.70. The van der Waals surface area contributed by atoms with E-state index in [4.69, 9.17) is 15.1 Å². The van der Waals surface area contributed by atoms with Crippen LogP contribution >= 0.6 is 0 Å². The van der Waals surface area contributed by atoms with Crippen molar-refractivity contribution in [3.8, 4) is 44.5 Å². The Morgan fingerprint density at radius 3 is 1.41 bits per heavy atom. The molecule has 0 saturated heterocycles. The third kappa shape index (κ3) is 5.96. The van der Waals surface area contributed by atoms with Crippen molar-refractivity contribution in [1.29, 1.82) is 0 Å². The highest BCUT2D eigenvalue weighted by Gasteiger charge is 2.15. The molecule has 240 valence electrons. The van der Waals surface area contributed by atoms with Crippen molar-refractivity contribution in [1.82, 2.24) is 0 Å². The van der Waals surface area contributed by atoms with E-state index in [1.807, 2.05) is 60.7 Å². The Labute approximate surface area is 323 Å². The van der Waals surface area contributed by atoms with Crippen LogP contribution < -0.4 is 4.90 Å². The minimum absolute atomic E-state index is 0.0232. The van der Waals surface area contributed by atoms with Gasteiger partial charge in [0.15, 0.2) is 0 Å². The van der Waals surface area contributed by atoms with Crippen LogP contribution in [0.1, 0.15) is 23.3 Å². The van der Waals surface area contributed by atoms with E-state index < -0.39 is 131 Å². The Morgan fingerprint density at radius 2 is 0.804 bits per heavy atom. The lowest BCUT2D eigenvalue weighted by Crippen LogP contribution is -2.10. The molecule has 0 amide bonds. The Bertz CT molecular complexity index is 3510. The predicted octanol–water partition coefficient (Wildman–Crippen LogP) is 14.1. The lowest BCUT2D eigenvalue weighted by atomic mass is 9.97. The molecule has 0 fully saturated rings. The smallest absolute Gasteiger partial charge is 0.0651 e. The second-order valence-corrected chi connectivity index (χ2v) is 11.6. The number of hydrogen-bond donors (Lipinski definition) is 0. The first-order chi connectivity index (χ1) is 32.4. The molecule has 0 radical (unpaired) electrons. The van der Waals surface area contributed by atoms with E-state index in [-0.39, 0.29) is 16.9 Å². The van der Waals surface area contributed by atoms with E-state index >= 15 is 0 Å². The van der Waals surface area contributed by atoms with E-state index in [1.54, 1.807) is 48.5 Å². The summed E-state index contributed by atoms with van der Waals surface area (Å²) >= 11 is 0. The second kappa shape index (κ2) is 13.3. The summed E-state index contributed by atoms with van der Waals surface area (Å²) in [5.74, 6) is 0. The predicted molar refractivity (Wildman–Crippen MR) is 218 cm³/mol. The van der Waals surface area contributed by atoms with E-state index in [0.29, 0.717) is 10.9 Å². The van der Waals surface area contributed by atoms with Crippen LogP contribution in [0.15, 0.2) is 212 Å². The minimum atomic E-state index is -0.867. The quantitative estimate of drug-likeness (QED) is 0.164. The van der Waals surface area contributed by atoms with Crippen LogP contribution in [0.4, 0.5) is 17.1 Å². The Balaban J connectivity index is 1.32. The third-order valence-electron chi connectivity index (χ3n) is 8.58. The highest BCUT2D eigenvalue weighted by molar-refractivity contribution is 5.98. The summed E-state index contributed by atoms with van der Waals surface area (Å²) in [7, 11) is 0. The summed E-state index contributed by atoms with van der Waals surface area (Å²) in [4.78, 5) is 1.17. The number of nitrogens with zero attached hydrogens (tertiary/aromatic N) is 1. The first kappa shape index (κ1) is 17.3. The summed E-state index contributed by atoms with van der Waals surface area (Å²) in [5, 5.41) is 3.37. The summed E-state index contributed by atoms with van der Waals surface area (Å²) in [5.41, 5.74) is -1.18. The SMILES string of the molecule is [2H]c1c([2H])c([2H])c(-c2c([2H])c([2H])c(-c3c([2H])c([2H])c(N(c4ccc(-c5cccc6ccccc56)cc4)c4c([2H])c([2H])c([2H])c(-c5cccc6ccccc56)c4[2H])c([2H])c3[2H])c([2H])c2[2H])c([2H])c1[2H]. The standard InChI is InChI=1S/C50H35N/c1-2-11-36(12-3-1)37-23-25-38(26-24-37)39-27-31-44(32-28-39)51(45-33-29-42(30-34-45)49-21-9-15-40-13-4-6-19-47(40)49)46-18-8-17-43(35-46)50-22-10-16-41-14-5-7-20-48(41)50/h1-35H/i1D,2D,3D,8D,11D,12D,17D,18D,23D,24D,25D,26D,27D,28D,31D,32D,35D. The van der Waals surface area contributed by atoms with Gasteiger partial charge in [-0.3, -0.25) is 0 Å². The molecule has 0 atom stereocenters. The zero-order valence-corrected chi connectivity index (χ0v) is 26.8. The van der Waals surface area contributed by atoms with Gasteiger partial charge in [-0.15, -0.1) is 0 Å². The maximum absolute atomic E-state index is 9.79. The number of fused-ring (bicyclic) bond motifs is 2. The highest BCUT2D eigenvalue weighted by atomic mass is 15.1. The molecule has 0 bridgehead atoms. The monoisotopic (exact) mass is 666 g/mol. The fourth-order valence-corrected chi connectivity index (χ4v) is 6.14. The summed E-state index contributed by atoms with van der Waals surface area (Å²) in [6.07, 6.45) is 0. The van der Waals surface area contributed by atoms with Gasteiger partial charge in [-0.2, -0.15) is 0 Å². The van der Waals surface area contributed by atoms with Crippen molar-refractivity contribution >= 4 is 38.6 Å². The molecule has 0 aliphatic rings. The van der Waals surface area contributed by atoms with Crippen molar-refractivity contribution < 1.29 is 23.3 Å². The molecule has 0 heterocycles. The molecule has 0 aliphatic carbocycles. The first-order valence-corrected chi connectivity index (χ1v) is 16.1. The minimum Gasteiger partial charge on any atom is -0.310 e. The Morgan fingerprint density at radius 1 is 0.314 bits per heavy atom. The van der Waals surface area contributed by atoms with Crippen LogP contribution in [0, 0.1) is 0 Å². The molecule has 0 aliphatic heterocycles. The van der Waals surface area contributed by atoms with Gasteiger partial charge in [0.25, 0.3) is 0 Å². The Kier molecular flexibility index (Phi) is 4.51. The van der Waals surface area contributed by atoms with Gasteiger partial charge in [-0.25, -0.2) is 0 Å². The number of anilines is 3. The average Bonchev–Trinajstić information content (AvgIpc) is 3.34. The zero-order chi connectivity index (χ0) is 48.8. The fraction of sp³-hybridized carbons (Fsp3) is 0. The molecule has 0 aromatic heterocycles. The van der Waals surface area contributed by atoms with Crippen molar-refractivity contribution in [2.45, 2.75) is 0 Å². The lowest BCUT2D eigenvalue weighted by molar-refractivity contribution is 1.28. The molecule has 0 unspecified atom stereocenters. The normalized spacial score (nSPS) is 15.8. The summed E-state index contributed by atoms with van der Waals surface area (Å²) in [6, 6.07) is 20.4. The molecule has 9 aromatic carbocycles. The molecule has 9 aromatic rings. The van der Waals surface area contributed by atoms with Gasteiger partial charge in [0.05, 0.1) is 23.3 Å². The van der Waals surface area contributed by atoms with Crippen molar-refractivity contribution in [3.63, 3.8) is 0 Å². The van der Waals surface area contributed by atoms with E-state index in [1.165, 1.54) is 4.90 Å². The van der Waals surface area contributed by atoms with Gasteiger partial charge < -0.3 is 4.90 Å². The van der Waals surface area contributed by atoms with E-state index in [9.17, 15) is 8.22 Å². The van der Waals surface area contributed by atoms with Crippen molar-refractivity contribution in [3.05, 3.63) is 212 Å². The lowest BCUT2D eigenvalue weighted by Gasteiger charge is -2.26. The molecular formula is C50H35N. The molecule has 0 spiro atoms.